The fraction of sp³-hybridized carbons (Fsp3) is 0.265. The lowest BCUT2D eigenvalue weighted by Crippen LogP contribution is -2.12. The van der Waals surface area contributed by atoms with Gasteiger partial charge < -0.3 is 33.6 Å². The number of rotatable bonds is 14. The summed E-state index contributed by atoms with van der Waals surface area (Å²) < 4.78 is 59.8. The molecule has 4 rings (SSSR count). The predicted octanol–water partition coefficient (Wildman–Crippen LogP) is 8.10. The van der Waals surface area contributed by atoms with Gasteiger partial charge in [-0.15, -0.1) is 11.8 Å². The molecule has 254 valence electrons. The van der Waals surface area contributed by atoms with E-state index in [2.05, 4.69) is 9.15 Å². The highest BCUT2D eigenvalue weighted by atomic mass is 32.2. The monoisotopic (exact) mass is 688 g/mol. The van der Waals surface area contributed by atoms with E-state index in [0.717, 1.165) is 30.5 Å². The molecular formula is C34H31F3O10S. The Kier molecular flexibility index (Phi) is 11.8. The second kappa shape index (κ2) is 15.8. The van der Waals surface area contributed by atoms with E-state index in [1.165, 1.54) is 25.1 Å². The van der Waals surface area contributed by atoms with Crippen LogP contribution in [0.3, 0.4) is 0 Å². The number of hydrogen-bond donors (Lipinski definition) is 3. The molecule has 14 heteroatoms. The standard InChI is InChI=1S/C34H31F3O10S/c1-3-8-24-26(13-12-22(19(2)38)32(24)41)44-14-7-5-4-6-9-28(31(40)20-15-29(45-18-20)34(35,36)37)48-21-10-11-23-25(39)17-30(47-33(42)43)46-27(23)16-21/h4-6,9-13,15-18,28,31,40-41H,3,7-8,14H2,1-2H3,(H,42,43)/b5-4-,9-6+/t28-,31+/m0/s1. The van der Waals surface area contributed by atoms with Gasteiger partial charge in [-0.3, -0.25) is 9.59 Å². The number of alkyl halides is 3. The van der Waals surface area contributed by atoms with Crippen molar-refractivity contribution in [2.75, 3.05) is 6.61 Å². The molecule has 0 aliphatic rings. The molecular weight excluding hydrogens is 657 g/mol. The van der Waals surface area contributed by atoms with Crippen molar-refractivity contribution in [2.24, 2.45) is 0 Å². The molecule has 2 atom stereocenters. The minimum atomic E-state index is -4.75. The van der Waals surface area contributed by atoms with E-state index in [1.54, 1.807) is 36.4 Å². The Balaban J connectivity index is 1.51. The van der Waals surface area contributed by atoms with Gasteiger partial charge in [0.25, 0.3) is 5.95 Å². The molecule has 0 aliphatic heterocycles. The molecule has 2 aromatic heterocycles. The third kappa shape index (κ3) is 9.10. The third-order valence-corrected chi connectivity index (χ3v) is 8.11. The highest BCUT2D eigenvalue weighted by Crippen LogP contribution is 2.38. The third-order valence-electron chi connectivity index (χ3n) is 6.90. The SMILES string of the molecule is CCCc1c(OCC/C=C\C=C\[C@H](Sc2ccc3c(=O)cc(OC(=O)O)oc3c2)[C@H](O)c2coc(C(F)(F)F)c2)ccc(C(C)=O)c1O. The van der Waals surface area contributed by atoms with Gasteiger partial charge in [0.05, 0.1) is 41.2 Å². The van der Waals surface area contributed by atoms with Gasteiger partial charge in [0.2, 0.25) is 5.76 Å². The number of phenols is 1. The molecule has 0 fully saturated rings. The topological polar surface area (TPSA) is 157 Å². The van der Waals surface area contributed by atoms with Crippen LogP contribution < -0.4 is 14.9 Å². The molecule has 0 saturated carbocycles. The summed E-state index contributed by atoms with van der Waals surface area (Å²) in [5.41, 5.74) is 0.0949. The number of carboxylic acid groups (broad SMARTS) is 1. The summed E-state index contributed by atoms with van der Waals surface area (Å²) in [6, 6.07) is 9.14. The number of carbonyl (C=O) groups is 2. The minimum absolute atomic E-state index is 0.00474. The number of aliphatic hydroxyl groups is 1. The van der Waals surface area contributed by atoms with Gasteiger partial charge in [0, 0.05) is 16.0 Å². The summed E-state index contributed by atoms with van der Waals surface area (Å²) in [4.78, 5) is 35.5. The number of aromatic hydroxyl groups is 1. The number of Topliss-reactive ketones (excluding diaryl/α,β-unsaturated/α-hetero) is 1. The maximum Gasteiger partial charge on any atom is 0.513 e. The van der Waals surface area contributed by atoms with Crippen LogP contribution in [0.25, 0.3) is 11.0 Å². The first-order valence-electron chi connectivity index (χ1n) is 14.6. The van der Waals surface area contributed by atoms with Gasteiger partial charge in [-0.25, -0.2) is 4.79 Å². The molecule has 10 nitrogen and oxygen atoms in total. The fourth-order valence-corrected chi connectivity index (χ4v) is 5.74. The second-order valence-electron chi connectivity index (χ2n) is 10.4. The molecule has 3 N–H and O–H groups in total. The number of carbonyl (C=O) groups excluding carboxylic acids is 1. The van der Waals surface area contributed by atoms with Crippen molar-refractivity contribution >= 4 is 34.7 Å². The Morgan fingerprint density at radius 2 is 1.88 bits per heavy atom. The van der Waals surface area contributed by atoms with Crippen LogP contribution in [0.1, 0.15) is 60.0 Å². The second-order valence-corrected chi connectivity index (χ2v) is 11.7. The van der Waals surface area contributed by atoms with Crippen LogP contribution in [-0.2, 0) is 12.6 Å². The van der Waals surface area contributed by atoms with Crippen molar-refractivity contribution in [1.82, 2.24) is 0 Å². The van der Waals surface area contributed by atoms with Crippen LogP contribution in [0.15, 0.2) is 91.6 Å². The summed E-state index contributed by atoms with van der Waals surface area (Å²) in [7, 11) is 0. The Bertz CT molecular complexity index is 1890. The van der Waals surface area contributed by atoms with Crippen LogP contribution in [-0.4, -0.2) is 39.1 Å². The molecule has 4 aromatic rings. The molecule has 0 unspecified atom stereocenters. The fourth-order valence-electron chi connectivity index (χ4n) is 4.65. The van der Waals surface area contributed by atoms with Crippen molar-refractivity contribution < 1.29 is 56.4 Å². The minimum Gasteiger partial charge on any atom is -0.507 e. The summed E-state index contributed by atoms with van der Waals surface area (Å²) in [5.74, 6) is -1.70. The molecule has 48 heavy (non-hydrogen) atoms. The van der Waals surface area contributed by atoms with Gasteiger partial charge in [-0.2, -0.15) is 13.2 Å². The van der Waals surface area contributed by atoms with E-state index in [1.807, 2.05) is 6.92 Å². The van der Waals surface area contributed by atoms with Crippen LogP contribution in [0.2, 0.25) is 0 Å². The largest absolute Gasteiger partial charge is 0.513 e. The first-order valence-corrected chi connectivity index (χ1v) is 15.5. The van der Waals surface area contributed by atoms with Crippen molar-refractivity contribution in [3.8, 4) is 17.4 Å². The lowest BCUT2D eigenvalue weighted by atomic mass is 10.0. The van der Waals surface area contributed by atoms with Gasteiger partial charge in [0.1, 0.15) is 17.1 Å². The zero-order valence-corrected chi connectivity index (χ0v) is 26.5. The Morgan fingerprint density at radius 1 is 1.10 bits per heavy atom. The Hall–Kier alpha value is -4.95. The number of ether oxygens (including phenoxy) is 2. The lowest BCUT2D eigenvalue weighted by molar-refractivity contribution is -0.153. The number of ketones is 1. The molecule has 0 spiro atoms. The normalized spacial score (nSPS) is 13.3. The molecule has 2 heterocycles. The van der Waals surface area contributed by atoms with Crippen LogP contribution >= 0.6 is 11.8 Å². The number of furan rings is 1. The average molecular weight is 689 g/mol. The lowest BCUT2D eigenvalue weighted by Gasteiger charge is -2.18. The Morgan fingerprint density at radius 3 is 2.54 bits per heavy atom. The highest BCUT2D eigenvalue weighted by molar-refractivity contribution is 8.00. The van der Waals surface area contributed by atoms with E-state index in [-0.39, 0.29) is 40.2 Å². The maximum absolute atomic E-state index is 13.2. The summed E-state index contributed by atoms with van der Waals surface area (Å²) in [6.07, 6.45) is 1.20. The van der Waals surface area contributed by atoms with E-state index < -0.39 is 40.8 Å². The van der Waals surface area contributed by atoms with Gasteiger partial charge >= 0.3 is 12.3 Å². The van der Waals surface area contributed by atoms with Crippen molar-refractivity contribution in [3.63, 3.8) is 0 Å². The number of phenolic OH excluding ortho intramolecular Hbond substituents is 1. The van der Waals surface area contributed by atoms with Crippen LogP contribution in [0.5, 0.6) is 17.4 Å². The van der Waals surface area contributed by atoms with Crippen molar-refractivity contribution in [3.05, 3.63) is 106 Å². The first-order chi connectivity index (χ1) is 22.8. The summed E-state index contributed by atoms with van der Waals surface area (Å²) in [5, 5.41) is 29.7. The van der Waals surface area contributed by atoms with E-state index in [9.17, 15) is 37.8 Å². The molecule has 0 aliphatic carbocycles. The molecule has 0 bridgehead atoms. The first kappa shape index (κ1) is 35.9. The van der Waals surface area contributed by atoms with Crippen molar-refractivity contribution in [2.45, 2.75) is 55.5 Å². The van der Waals surface area contributed by atoms with E-state index >= 15 is 0 Å². The number of aliphatic hydroxyl groups excluding tert-OH is 1. The number of thioether (sulfide) groups is 1. The van der Waals surface area contributed by atoms with E-state index in [4.69, 9.17) is 14.3 Å². The molecule has 2 aromatic carbocycles. The maximum atomic E-state index is 13.2. The zero-order chi connectivity index (χ0) is 35.0. The van der Waals surface area contributed by atoms with Gasteiger partial charge in [-0.1, -0.05) is 37.6 Å². The number of allylic oxidation sites excluding steroid dienone is 2. The summed E-state index contributed by atoms with van der Waals surface area (Å²) in [6.45, 7) is 3.55. The molecule has 0 radical (unpaired) electrons. The average Bonchev–Trinajstić information content (AvgIpc) is 3.52. The van der Waals surface area contributed by atoms with Gasteiger partial charge in [-0.05, 0) is 56.2 Å². The molecule has 0 amide bonds. The number of halogens is 3. The number of fused-ring (bicyclic) bond motifs is 1. The smallest absolute Gasteiger partial charge is 0.507 e. The van der Waals surface area contributed by atoms with Crippen LogP contribution in [0.4, 0.5) is 18.0 Å². The molecule has 0 saturated heterocycles. The van der Waals surface area contributed by atoms with Crippen LogP contribution in [0, 0.1) is 0 Å². The zero-order valence-electron chi connectivity index (χ0n) is 25.7. The summed E-state index contributed by atoms with van der Waals surface area (Å²) >= 11 is 1.04. The highest BCUT2D eigenvalue weighted by Gasteiger charge is 2.36. The van der Waals surface area contributed by atoms with E-state index in [0.29, 0.717) is 35.1 Å². The quantitative estimate of drug-likeness (QED) is 0.0387. The number of hydrogen-bond acceptors (Lipinski definition) is 10. The Labute approximate surface area is 276 Å². The predicted molar refractivity (Wildman–Crippen MR) is 170 cm³/mol. The van der Waals surface area contributed by atoms with Crippen molar-refractivity contribution in [1.29, 1.82) is 0 Å². The van der Waals surface area contributed by atoms with Gasteiger partial charge in [0.15, 0.2) is 11.2 Å². The number of benzene rings is 2.